The van der Waals surface area contributed by atoms with Crippen molar-refractivity contribution in [2.75, 3.05) is 13.1 Å². The maximum Gasteiger partial charge on any atom is 0.298 e. The molecule has 0 spiro atoms. The molecule has 1 aliphatic rings. The lowest BCUT2D eigenvalue weighted by Gasteiger charge is -2.15. The van der Waals surface area contributed by atoms with E-state index in [9.17, 15) is 9.59 Å². The molecule has 2 amide bonds. The number of carbonyl (C=O) groups excluding carboxylic acids is 2. The molecule has 1 heterocycles. The van der Waals surface area contributed by atoms with E-state index < -0.39 is 0 Å². The first-order valence-corrected chi connectivity index (χ1v) is 7.11. The molecule has 4 heteroatoms. The third-order valence-electron chi connectivity index (χ3n) is 3.81. The Bertz CT molecular complexity index is 625. The van der Waals surface area contributed by atoms with Crippen LogP contribution in [0, 0.1) is 25.7 Å². The van der Waals surface area contributed by atoms with Gasteiger partial charge in [-0.2, -0.15) is 0 Å². The van der Waals surface area contributed by atoms with E-state index in [1.54, 1.807) is 11.8 Å². The molecule has 4 nitrogen and oxygen atoms in total. The summed E-state index contributed by atoms with van der Waals surface area (Å²) in [6.07, 6.45) is 0.772. The van der Waals surface area contributed by atoms with Gasteiger partial charge in [0.05, 0.1) is 0 Å². The average Bonchev–Trinajstić information content (AvgIpc) is 2.90. The molecular weight excluding hydrogens is 264 g/mol. The number of nitrogens with zero attached hydrogens (tertiary/aromatic N) is 1. The quantitative estimate of drug-likeness (QED) is 0.840. The van der Waals surface area contributed by atoms with Gasteiger partial charge in [-0.25, -0.2) is 0 Å². The molecule has 2 rings (SSSR count). The molecule has 1 unspecified atom stereocenters. The summed E-state index contributed by atoms with van der Waals surface area (Å²) < 4.78 is 0. The smallest absolute Gasteiger partial charge is 0.298 e. The van der Waals surface area contributed by atoms with Crippen molar-refractivity contribution in [1.82, 2.24) is 10.2 Å². The van der Waals surface area contributed by atoms with Crippen molar-refractivity contribution >= 4 is 11.8 Å². The summed E-state index contributed by atoms with van der Waals surface area (Å²) in [5.41, 5.74) is 2.93. The lowest BCUT2D eigenvalue weighted by Crippen LogP contribution is -2.38. The van der Waals surface area contributed by atoms with Crippen LogP contribution in [0.5, 0.6) is 0 Å². The van der Waals surface area contributed by atoms with Crippen LogP contribution in [-0.2, 0) is 4.79 Å². The van der Waals surface area contributed by atoms with Gasteiger partial charge in [-0.15, -0.1) is 0 Å². The van der Waals surface area contributed by atoms with E-state index in [-0.39, 0.29) is 17.9 Å². The normalized spacial score (nSPS) is 17.1. The highest BCUT2D eigenvalue weighted by Gasteiger charge is 2.26. The van der Waals surface area contributed by atoms with Crippen molar-refractivity contribution in [3.05, 3.63) is 34.9 Å². The molecule has 21 heavy (non-hydrogen) atoms. The minimum absolute atomic E-state index is 0.00159. The zero-order valence-corrected chi connectivity index (χ0v) is 12.7. The van der Waals surface area contributed by atoms with Gasteiger partial charge in [0.25, 0.3) is 11.8 Å². The number of rotatable bonds is 2. The molecule has 0 aromatic heterocycles. The van der Waals surface area contributed by atoms with Crippen LogP contribution in [0.3, 0.4) is 0 Å². The van der Waals surface area contributed by atoms with Gasteiger partial charge in [0, 0.05) is 24.7 Å². The van der Waals surface area contributed by atoms with Crippen LogP contribution < -0.4 is 5.32 Å². The Labute approximate surface area is 125 Å². The molecule has 1 fully saturated rings. The summed E-state index contributed by atoms with van der Waals surface area (Å²) in [5, 5.41) is 2.99. The van der Waals surface area contributed by atoms with Crippen molar-refractivity contribution < 1.29 is 9.59 Å². The minimum Gasteiger partial charge on any atom is -0.347 e. The van der Waals surface area contributed by atoms with Crippen LogP contribution in [-0.4, -0.2) is 35.8 Å². The first-order chi connectivity index (χ1) is 10.0. The van der Waals surface area contributed by atoms with Gasteiger partial charge in [0.1, 0.15) is 0 Å². The second-order valence-corrected chi connectivity index (χ2v) is 5.38. The Kier molecular flexibility index (Phi) is 4.64. The highest BCUT2D eigenvalue weighted by molar-refractivity contribution is 5.95. The number of hydrogen-bond donors (Lipinski definition) is 1. The van der Waals surface area contributed by atoms with E-state index in [4.69, 9.17) is 0 Å². The van der Waals surface area contributed by atoms with Gasteiger partial charge in [0.2, 0.25) is 0 Å². The van der Waals surface area contributed by atoms with Crippen molar-refractivity contribution in [3.63, 3.8) is 0 Å². The fourth-order valence-corrected chi connectivity index (χ4v) is 2.40. The monoisotopic (exact) mass is 284 g/mol. The van der Waals surface area contributed by atoms with Gasteiger partial charge in [-0.1, -0.05) is 12.0 Å². The molecule has 1 aromatic rings. The fraction of sp³-hybridized carbons (Fsp3) is 0.412. The predicted molar refractivity (Wildman–Crippen MR) is 81.8 cm³/mol. The Morgan fingerprint density at radius 3 is 2.71 bits per heavy atom. The largest absolute Gasteiger partial charge is 0.347 e. The highest BCUT2D eigenvalue weighted by atomic mass is 16.2. The summed E-state index contributed by atoms with van der Waals surface area (Å²) >= 11 is 0. The molecule has 1 aliphatic heterocycles. The first kappa shape index (κ1) is 15.1. The zero-order chi connectivity index (χ0) is 15.4. The molecular formula is C17H20N2O2. The van der Waals surface area contributed by atoms with E-state index >= 15 is 0 Å². The summed E-state index contributed by atoms with van der Waals surface area (Å²) in [7, 11) is 0. The summed E-state index contributed by atoms with van der Waals surface area (Å²) in [6.45, 7) is 6.83. The lowest BCUT2D eigenvalue weighted by molar-refractivity contribution is -0.124. The molecule has 0 radical (unpaired) electrons. The Morgan fingerprint density at radius 2 is 2.05 bits per heavy atom. The van der Waals surface area contributed by atoms with Crippen molar-refractivity contribution in [3.8, 4) is 11.8 Å². The number of amides is 2. The molecule has 1 aromatic carbocycles. The van der Waals surface area contributed by atoms with Crippen LogP contribution in [0.2, 0.25) is 0 Å². The molecule has 1 N–H and O–H groups in total. The van der Waals surface area contributed by atoms with Crippen LogP contribution >= 0.6 is 0 Å². The molecule has 0 bridgehead atoms. The van der Waals surface area contributed by atoms with Gasteiger partial charge in [0.15, 0.2) is 0 Å². The van der Waals surface area contributed by atoms with Crippen molar-refractivity contribution in [1.29, 1.82) is 0 Å². The first-order valence-electron chi connectivity index (χ1n) is 7.11. The highest BCUT2D eigenvalue weighted by Crippen LogP contribution is 2.13. The summed E-state index contributed by atoms with van der Waals surface area (Å²) in [4.78, 5) is 25.6. The Hall–Kier alpha value is -2.28. The summed E-state index contributed by atoms with van der Waals surface area (Å²) in [5.74, 6) is 4.89. The molecule has 1 atom stereocenters. The molecule has 110 valence electrons. The number of benzene rings is 1. The predicted octanol–water partition coefficient (Wildman–Crippen LogP) is 1.66. The third-order valence-corrected chi connectivity index (χ3v) is 3.81. The fourth-order valence-electron chi connectivity index (χ4n) is 2.40. The van der Waals surface area contributed by atoms with E-state index in [2.05, 4.69) is 17.2 Å². The number of nitrogens with one attached hydrogen (secondary N) is 1. The maximum atomic E-state index is 12.2. The SMILES string of the molecule is CC#CC(=O)N1CCC(NC(=O)c2ccc(C)c(C)c2)C1. The second-order valence-electron chi connectivity index (χ2n) is 5.38. The number of hydrogen-bond acceptors (Lipinski definition) is 2. The van der Waals surface area contributed by atoms with Crippen LogP contribution in [0.4, 0.5) is 0 Å². The van der Waals surface area contributed by atoms with Gasteiger partial charge in [-0.3, -0.25) is 9.59 Å². The second kappa shape index (κ2) is 6.45. The van der Waals surface area contributed by atoms with Crippen molar-refractivity contribution in [2.45, 2.75) is 33.2 Å². The third kappa shape index (κ3) is 3.63. The van der Waals surface area contributed by atoms with Gasteiger partial charge >= 0.3 is 0 Å². The summed E-state index contributed by atoms with van der Waals surface area (Å²) in [6, 6.07) is 5.68. The minimum atomic E-state index is -0.166. The molecule has 0 saturated carbocycles. The van der Waals surface area contributed by atoms with Gasteiger partial charge < -0.3 is 10.2 Å². The van der Waals surface area contributed by atoms with E-state index in [0.29, 0.717) is 18.7 Å². The Morgan fingerprint density at radius 1 is 1.29 bits per heavy atom. The van der Waals surface area contributed by atoms with E-state index in [0.717, 1.165) is 12.0 Å². The molecule has 1 saturated heterocycles. The van der Waals surface area contributed by atoms with E-state index in [1.165, 1.54) is 5.56 Å². The van der Waals surface area contributed by atoms with Gasteiger partial charge in [-0.05, 0) is 56.4 Å². The number of aryl methyl sites for hydroxylation is 2. The lowest BCUT2D eigenvalue weighted by atomic mass is 10.1. The standard InChI is InChI=1S/C17H20N2O2/c1-4-5-16(20)19-9-8-15(11-19)18-17(21)14-7-6-12(2)13(3)10-14/h6-7,10,15H,8-9,11H2,1-3H3,(H,18,21). The van der Waals surface area contributed by atoms with Crippen LogP contribution in [0.25, 0.3) is 0 Å². The number of likely N-dealkylation sites (tertiary alicyclic amines) is 1. The van der Waals surface area contributed by atoms with Crippen molar-refractivity contribution in [2.24, 2.45) is 0 Å². The zero-order valence-electron chi connectivity index (χ0n) is 12.7. The number of carbonyl (C=O) groups is 2. The average molecular weight is 284 g/mol. The van der Waals surface area contributed by atoms with Crippen LogP contribution in [0.15, 0.2) is 18.2 Å². The topological polar surface area (TPSA) is 49.4 Å². The van der Waals surface area contributed by atoms with Crippen LogP contribution in [0.1, 0.15) is 34.8 Å². The van der Waals surface area contributed by atoms with E-state index in [1.807, 2.05) is 32.0 Å². The Balaban J connectivity index is 1.96. The maximum absolute atomic E-state index is 12.2. The molecule has 0 aliphatic carbocycles.